The maximum Gasteiger partial charge on any atom is 0.416 e. The number of carbonyl (C=O) groups is 1. The number of alkyl halides is 4. The summed E-state index contributed by atoms with van der Waals surface area (Å²) in [4.78, 5) is 13.6. The Morgan fingerprint density at radius 2 is 1.82 bits per heavy atom. The fraction of sp³-hybridized carbons (Fsp3) is 0.600. The number of amides is 1. The van der Waals surface area contributed by atoms with Crippen molar-refractivity contribution >= 4 is 5.91 Å². The van der Waals surface area contributed by atoms with Crippen LogP contribution in [0.5, 0.6) is 0 Å². The molecule has 1 aliphatic heterocycles. The first-order valence-corrected chi connectivity index (χ1v) is 9.51. The van der Waals surface area contributed by atoms with E-state index < -0.39 is 24.0 Å². The highest BCUT2D eigenvalue weighted by Crippen LogP contribution is 2.35. The molecule has 0 unspecified atom stereocenters. The number of likely N-dealkylation sites (tertiary alicyclic amines) is 1. The zero-order chi connectivity index (χ0) is 20.3. The first-order chi connectivity index (χ1) is 13.3. The van der Waals surface area contributed by atoms with Crippen molar-refractivity contribution in [2.45, 2.75) is 62.5 Å². The average Bonchev–Trinajstić information content (AvgIpc) is 3.07. The Kier molecular flexibility index (Phi) is 6.23. The van der Waals surface area contributed by atoms with Gasteiger partial charge >= 0.3 is 6.18 Å². The molecule has 0 radical (unpaired) electrons. The van der Waals surface area contributed by atoms with Crippen LogP contribution in [0.2, 0.25) is 0 Å². The van der Waals surface area contributed by atoms with Crippen LogP contribution in [0.4, 0.5) is 17.6 Å². The van der Waals surface area contributed by atoms with Gasteiger partial charge < -0.3 is 10.2 Å². The Hall–Kier alpha value is -2.14. The third kappa shape index (κ3) is 4.82. The molecule has 3 rings (SSSR count). The molecule has 152 valence electrons. The molecule has 1 N–H and O–H groups in total. The van der Waals surface area contributed by atoms with Crippen LogP contribution in [-0.2, 0) is 11.0 Å². The molecule has 2 aliphatic rings. The number of hydrogen-bond donors (Lipinski definition) is 1. The molecule has 1 amide bonds. The molecular weight excluding hydrogens is 374 g/mol. The summed E-state index contributed by atoms with van der Waals surface area (Å²) in [7, 11) is 0. The van der Waals surface area contributed by atoms with Crippen molar-refractivity contribution in [3.05, 3.63) is 35.4 Å². The lowest BCUT2D eigenvalue weighted by atomic mass is 9.81. The molecule has 4 nitrogen and oxygen atoms in total. The summed E-state index contributed by atoms with van der Waals surface area (Å²) >= 11 is 0. The SMILES string of the molecule is N#C[C@@H]1C[C@H](F)CN1C(=O)CNC1CCC(c2ccc(C(F)(F)F)cc2)CC1. The Morgan fingerprint density at radius 1 is 1.18 bits per heavy atom. The lowest BCUT2D eigenvalue weighted by Gasteiger charge is -2.30. The quantitative estimate of drug-likeness (QED) is 0.787. The molecule has 0 aromatic heterocycles. The number of carbonyl (C=O) groups excluding carboxylic acids is 1. The summed E-state index contributed by atoms with van der Waals surface area (Å²) < 4.78 is 51.4. The highest BCUT2D eigenvalue weighted by atomic mass is 19.4. The predicted molar refractivity (Wildman–Crippen MR) is 95.1 cm³/mol. The van der Waals surface area contributed by atoms with E-state index in [9.17, 15) is 22.4 Å². The van der Waals surface area contributed by atoms with E-state index in [1.54, 1.807) is 12.1 Å². The third-order valence-corrected chi connectivity index (χ3v) is 5.70. The van der Waals surface area contributed by atoms with Crippen molar-refractivity contribution in [1.29, 1.82) is 5.26 Å². The van der Waals surface area contributed by atoms with Crippen LogP contribution in [0.3, 0.4) is 0 Å². The second-order valence-corrected chi connectivity index (χ2v) is 7.57. The normalized spacial score (nSPS) is 28.2. The van der Waals surface area contributed by atoms with Gasteiger partial charge in [-0.3, -0.25) is 4.79 Å². The molecule has 1 aromatic rings. The van der Waals surface area contributed by atoms with E-state index in [4.69, 9.17) is 5.26 Å². The zero-order valence-electron chi connectivity index (χ0n) is 15.4. The summed E-state index contributed by atoms with van der Waals surface area (Å²) in [6.07, 6.45) is -2.12. The van der Waals surface area contributed by atoms with Crippen LogP contribution in [-0.4, -0.2) is 42.2 Å². The number of benzene rings is 1. The monoisotopic (exact) mass is 397 g/mol. The maximum atomic E-state index is 13.4. The molecule has 0 bridgehead atoms. The van der Waals surface area contributed by atoms with Crippen molar-refractivity contribution in [1.82, 2.24) is 10.2 Å². The molecule has 1 aromatic carbocycles. The van der Waals surface area contributed by atoms with E-state index in [1.165, 1.54) is 4.90 Å². The van der Waals surface area contributed by atoms with E-state index in [2.05, 4.69) is 5.32 Å². The number of hydrogen-bond acceptors (Lipinski definition) is 3. The zero-order valence-corrected chi connectivity index (χ0v) is 15.4. The first-order valence-electron chi connectivity index (χ1n) is 9.51. The van der Waals surface area contributed by atoms with Gasteiger partial charge in [0.25, 0.3) is 0 Å². The fourth-order valence-corrected chi connectivity index (χ4v) is 4.09. The Bertz CT molecular complexity index is 720. The molecule has 28 heavy (non-hydrogen) atoms. The van der Waals surface area contributed by atoms with Gasteiger partial charge in [0.05, 0.1) is 24.7 Å². The molecule has 1 saturated carbocycles. The fourth-order valence-electron chi connectivity index (χ4n) is 4.09. The van der Waals surface area contributed by atoms with E-state index in [0.717, 1.165) is 43.4 Å². The van der Waals surface area contributed by atoms with Crippen LogP contribution >= 0.6 is 0 Å². The van der Waals surface area contributed by atoms with Gasteiger partial charge in [-0.1, -0.05) is 12.1 Å². The standard InChI is InChI=1S/C20H23F4N3O/c21-16-9-18(10-25)27(12-16)19(28)11-26-17-7-3-14(4-8-17)13-1-5-15(6-2-13)20(22,23)24/h1-2,5-6,14,16-18,26H,3-4,7-9,11-12H2/t14?,16-,17?,18-/m0/s1. The molecule has 1 heterocycles. The second-order valence-electron chi connectivity index (χ2n) is 7.57. The van der Waals surface area contributed by atoms with Crippen molar-refractivity contribution in [2.75, 3.05) is 13.1 Å². The number of rotatable bonds is 4. The van der Waals surface area contributed by atoms with Crippen molar-refractivity contribution in [3.63, 3.8) is 0 Å². The number of nitrogens with one attached hydrogen (secondary N) is 1. The molecule has 2 atom stereocenters. The van der Waals surface area contributed by atoms with Crippen LogP contribution in [0.25, 0.3) is 0 Å². The minimum absolute atomic E-state index is 0.0284. The van der Waals surface area contributed by atoms with Crippen LogP contribution in [0.1, 0.15) is 49.1 Å². The summed E-state index contributed by atoms with van der Waals surface area (Å²) in [5.41, 5.74) is 0.267. The predicted octanol–water partition coefficient (Wildman–Crippen LogP) is 3.78. The minimum atomic E-state index is -4.32. The molecule has 2 fully saturated rings. The topological polar surface area (TPSA) is 56.1 Å². The first kappa shape index (κ1) is 20.6. The summed E-state index contributed by atoms with van der Waals surface area (Å²) in [6.45, 7) is 0.0416. The molecule has 1 saturated heterocycles. The third-order valence-electron chi connectivity index (χ3n) is 5.70. The lowest BCUT2D eigenvalue weighted by Crippen LogP contribution is -2.44. The van der Waals surface area contributed by atoms with E-state index in [0.29, 0.717) is 0 Å². The number of nitrogens with zero attached hydrogens (tertiary/aromatic N) is 2. The molecule has 1 aliphatic carbocycles. The van der Waals surface area contributed by atoms with Crippen LogP contribution in [0, 0.1) is 11.3 Å². The number of halogens is 4. The van der Waals surface area contributed by atoms with Gasteiger partial charge in [0.2, 0.25) is 5.91 Å². The summed E-state index contributed by atoms with van der Waals surface area (Å²) in [5.74, 6) is -0.0542. The lowest BCUT2D eigenvalue weighted by molar-refractivity contribution is -0.137. The number of nitriles is 1. The van der Waals surface area contributed by atoms with Gasteiger partial charge in [-0.2, -0.15) is 18.4 Å². The van der Waals surface area contributed by atoms with Gasteiger partial charge in [0.1, 0.15) is 12.2 Å². The maximum absolute atomic E-state index is 13.4. The van der Waals surface area contributed by atoms with E-state index >= 15 is 0 Å². The molecule has 8 heteroatoms. The molecular formula is C20H23F4N3O. The van der Waals surface area contributed by atoms with Crippen molar-refractivity contribution in [2.24, 2.45) is 0 Å². The second kappa shape index (κ2) is 8.48. The summed E-state index contributed by atoms with van der Waals surface area (Å²) in [5, 5.41) is 12.2. The van der Waals surface area contributed by atoms with Crippen LogP contribution in [0.15, 0.2) is 24.3 Å². The summed E-state index contributed by atoms with van der Waals surface area (Å²) in [6, 6.07) is 6.76. The Morgan fingerprint density at radius 3 is 2.39 bits per heavy atom. The van der Waals surface area contributed by atoms with Gasteiger partial charge in [-0.15, -0.1) is 0 Å². The van der Waals surface area contributed by atoms with Crippen molar-refractivity contribution in [3.8, 4) is 6.07 Å². The highest BCUT2D eigenvalue weighted by molar-refractivity contribution is 5.79. The highest BCUT2D eigenvalue weighted by Gasteiger charge is 2.35. The Balaban J connectivity index is 1.45. The average molecular weight is 397 g/mol. The minimum Gasteiger partial charge on any atom is -0.323 e. The van der Waals surface area contributed by atoms with E-state index in [-0.39, 0.29) is 37.4 Å². The van der Waals surface area contributed by atoms with E-state index in [1.807, 2.05) is 6.07 Å². The van der Waals surface area contributed by atoms with Gasteiger partial charge in [0.15, 0.2) is 0 Å². The largest absolute Gasteiger partial charge is 0.416 e. The molecule has 0 spiro atoms. The smallest absolute Gasteiger partial charge is 0.323 e. The van der Waals surface area contributed by atoms with Gasteiger partial charge in [-0.05, 0) is 49.3 Å². The van der Waals surface area contributed by atoms with Crippen LogP contribution < -0.4 is 5.32 Å². The van der Waals surface area contributed by atoms with Gasteiger partial charge in [-0.25, -0.2) is 4.39 Å². The van der Waals surface area contributed by atoms with Crippen molar-refractivity contribution < 1.29 is 22.4 Å². The Labute approximate surface area is 161 Å². The van der Waals surface area contributed by atoms with Gasteiger partial charge in [0, 0.05) is 12.5 Å².